The molecule has 0 aliphatic heterocycles. The van der Waals surface area contributed by atoms with Crippen molar-refractivity contribution in [2.24, 2.45) is 0 Å². The van der Waals surface area contributed by atoms with Crippen LogP contribution in [0.5, 0.6) is 0 Å². The fourth-order valence-corrected chi connectivity index (χ4v) is 1.51. The third kappa shape index (κ3) is 2.43. The standard InChI is InChI=1S/C11H7F7O/c1-6-4-8(3-2-7(6)5-19)9(12,10(13,14)15)11(16,17)18/h2-5H,1H3. The van der Waals surface area contributed by atoms with Crippen LogP contribution >= 0.6 is 0 Å². The average molecular weight is 288 g/mol. The Morgan fingerprint density at radius 2 is 1.42 bits per heavy atom. The van der Waals surface area contributed by atoms with E-state index in [9.17, 15) is 35.5 Å². The Bertz CT molecular complexity index is 473. The van der Waals surface area contributed by atoms with Gasteiger partial charge >= 0.3 is 18.0 Å². The van der Waals surface area contributed by atoms with Gasteiger partial charge in [0, 0.05) is 11.1 Å². The first kappa shape index (κ1) is 15.5. The van der Waals surface area contributed by atoms with E-state index in [0.29, 0.717) is 18.2 Å². The van der Waals surface area contributed by atoms with Crippen molar-refractivity contribution in [3.8, 4) is 0 Å². The number of aryl methyl sites for hydroxylation is 1. The number of benzene rings is 1. The number of carbonyl (C=O) groups is 1. The lowest BCUT2D eigenvalue weighted by Gasteiger charge is -2.30. The van der Waals surface area contributed by atoms with Gasteiger partial charge < -0.3 is 0 Å². The third-order valence-electron chi connectivity index (χ3n) is 2.58. The Kier molecular flexibility index (Phi) is 3.66. The molecule has 0 aliphatic carbocycles. The maximum Gasteiger partial charge on any atom is 0.435 e. The number of alkyl halides is 7. The minimum absolute atomic E-state index is 0.115. The van der Waals surface area contributed by atoms with Gasteiger partial charge in [-0.2, -0.15) is 26.3 Å². The van der Waals surface area contributed by atoms with Crippen molar-refractivity contribution in [1.29, 1.82) is 0 Å². The molecule has 1 aromatic rings. The molecule has 0 unspecified atom stereocenters. The van der Waals surface area contributed by atoms with E-state index in [2.05, 4.69) is 0 Å². The van der Waals surface area contributed by atoms with E-state index in [1.54, 1.807) is 0 Å². The van der Waals surface area contributed by atoms with Crippen LogP contribution in [0.1, 0.15) is 21.5 Å². The maximum atomic E-state index is 13.6. The molecule has 0 heterocycles. The second kappa shape index (κ2) is 4.50. The first-order valence-electron chi connectivity index (χ1n) is 4.84. The number of hydrogen-bond donors (Lipinski definition) is 0. The highest BCUT2D eigenvalue weighted by Gasteiger charge is 2.73. The molecule has 0 radical (unpaired) electrons. The zero-order chi connectivity index (χ0) is 15.1. The Hall–Kier alpha value is -1.60. The fraction of sp³-hybridized carbons (Fsp3) is 0.364. The highest BCUT2D eigenvalue weighted by atomic mass is 19.4. The summed E-state index contributed by atoms with van der Waals surface area (Å²) in [4.78, 5) is 10.4. The van der Waals surface area contributed by atoms with Crippen molar-refractivity contribution < 1.29 is 35.5 Å². The van der Waals surface area contributed by atoms with Crippen LogP contribution in [-0.4, -0.2) is 18.6 Å². The summed E-state index contributed by atoms with van der Waals surface area (Å²) in [6, 6.07) is 1.38. The molecule has 1 aromatic carbocycles. The first-order chi connectivity index (χ1) is 8.45. The average Bonchev–Trinajstić information content (AvgIpc) is 2.24. The molecule has 0 fully saturated rings. The highest BCUT2D eigenvalue weighted by Crippen LogP contribution is 2.53. The molecule has 0 aliphatic rings. The fourth-order valence-electron chi connectivity index (χ4n) is 1.51. The van der Waals surface area contributed by atoms with Crippen LogP contribution in [0.2, 0.25) is 0 Å². The summed E-state index contributed by atoms with van der Waals surface area (Å²) in [6.07, 6.45) is -12.1. The van der Waals surface area contributed by atoms with Crippen molar-refractivity contribution >= 4 is 6.29 Å². The van der Waals surface area contributed by atoms with Crippen molar-refractivity contribution in [3.63, 3.8) is 0 Å². The van der Waals surface area contributed by atoms with Gasteiger partial charge in [-0.15, -0.1) is 0 Å². The van der Waals surface area contributed by atoms with Gasteiger partial charge in [-0.05, 0) is 12.5 Å². The van der Waals surface area contributed by atoms with E-state index in [0.717, 1.165) is 6.92 Å². The van der Waals surface area contributed by atoms with Crippen LogP contribution in [0.25, 0.3) is 0 Å². The van der Waals surface area contributed by atoms with Crippen molar-refractivity contribution in [2.45, 2.75) is 24.9 Å². The van der Waals surface area contributed by atoms with E-state index >= 15 is 0 Å². The van der Waals surface area contributed by atoms with Crippen LogP contribution in [-0.2, 0) is 5.67 Å². The molecule has 19 heavy (non-hydrogen) atoms. The summed E-state index contributed by atoms with van der Waals surface area (Å²) in [7, 11) is 0. The molecule has 0 bridgehead atoms. The summed E-state index contributed by atoms with van der Waals surface area (Å²) in [6.45, 7) is 1.11. The number of rotatable bonds is 2. The van der Waals surface area contributed by atoms with Crippen molar-refractivity contribution in [2.75, 3.05) is 0 Å². The molecule has 0 N–H and O–H groups in total. The molecule has 0 amide bonds. The number of aldehydes is 1. The highest BCUT2D eigenvalue weighted by molar-refractivity contribution is 5.77. The second-order valence-electron chi connectivity index (χ2n) is 3.84. The molecule has 106 valence electrons. The normalized spacial score (nSPS) is 13.5. The molecule has 0 saturated carbocycles. The van der Waals surface area contributed by atoms with Gasteiger partial charge in [0.1, 0.15) is 6.29 Å². The zero-order valence-electron chi connectivity index (χ0n) is 9.36. The molecule has 1 rings (SSSR count). The molecular weight excluding hydrogens is 281 g/mol. The Balaban J connectivity index is 3.52. The molecule has 0 atom stereocenters. The van der Waals surface area contributed by atoms with E-state index in [1.165, 1.54) is 0 Å². The van der Waals surface area contributed by atoms with Gasteiger partial charge in [-0.25, -0.2) is 4.39 Å². The minimum Gasteiger partial charge on any atom is -0.298 e. The van der Waals surface area contributed by atoms with Crippen LogP contribution in [0.4, 0.5) is 30.7 Å². The first-order valence-corrected chi connectivity index (χ1v) is 4.84. The summed E-state index contributed by atoms with van der Waals surface area (Å²) < 4.78 is 88.2. The minimum atomic E-state index is -6.15. The van der Waals surface area contributed by atoms with E-state index in [1.807, 2.05) is 0 Å². The zero-order valence-corrected chi connectivity index (χ0v) is 9.36. The maximum absolute atomic E-state index is 13.6. The van der Waals surface area contributed by atoms with Crippen LogP contribution in [0, 0.1) is 6.92 Å². The number of hydrogen-bond acceptors (Lipinski definition) is 1. The van der Waals surface area contributed by atoms with Gasteiger partial charge in [0.15, 0.2) is 0 Å². The summed E-state index contributed by atoms with van der Waals surface area (Å²) in [5.74, 6) is 0. The molecule has 8 heteroatoms. The van der Waals surface area contributed by atoms with Crippen molar-refractivity contribution in [1.82, 2.24) is 0 Å². The van der Waals surface area contributed by atoms with Gasteiger partial charge in [0.2, 0.25) is 0 Å². The smallest absolute Gasteiger partial charge is 0.298 e. The summed E-state index contributed by atoms with van der Waals surface area (Å²) in [5, 5.41) is 0. The van der Waals surface area contributed by atoms with E-state index in [-0.39, 0.29) is 17.4 Å². The molecule has 1 nitrogen and oxygen atoms in total. The lowest BCUT2D eigenvalue weighted by Crippen LogP contribution is -2.50. The molecular formula is C11H7F7O. The predicted molar refractivity (Wildman–Crippen MR) is 51.5 cm³/mol. The number of carbonyl (C=O) groups excluding carboxylic acids is 1. The van der Waals surface area contributed by atoms with Gasteiger partial charge in [-0.3, -0.25) is 4.79 Å². The summed E-state index contributed by atoms with van der Waals surface area (Å²) >= 11 is 0. The predicted octanol–water partition coefficient (Wildman–Crippen LogP) is 4.10. The van der Waals surface area contributed by atoms with E-state index in [4.69, 9.17) is 0 Å². The van der Waals surface area contributed by atoms with Gasteiger partial charge in [-0.1, -0.05) is 18.2 Å². The topological polar surface area (TPSA) is 17.1 Å². The largest absolute Gasteiger partial charge is 0.435 e. The lowest BCUT2D eigenvalue weighted by molar-refractivity contribution is -0.348. The SMILES string of the molecule is Cc1cc(C(F)(C(F)(F)F)C(F)(F)F)ccc1C=O. The van der Waals surface area contributed by atoms with Crippen LogP contribution in [0.3, 0.4) is 0 Å². The number of halogens is 7. The Labute approximate surface area is 103 Å². The Morgan fingerprint density at radius 3 is 1.74 bits per heavy atom. The second-order valence-corrected chi connectivity index (χ2v) is 3.84. The molecule has 0 aromatic heterocycles. The van der Waals surface area contributed by atoms with Crippen molar-refractivity contribution in [3.05, 3.63) is 34.9 Å². The van der Waals surface area contributed by atoms with Gasteiger partial charge in [0.25, 0.3) is 0 Å². The monoisotopic (exact) mass is 288 g/mol. The molecule has 0 spiro atoms. The van der Waals surface area contributed by atoms with Crippen LogP contribution < -0.4 is 0 Å². The third-order valence-corrected chi connectivity index (χ3v) is 2.58. The van der Waals surface area contributed by atoms with E-state index < -0.39 is 23.6 Å². The Morgan fingerprint density at radius 1 is 0.947 bits per heavy atom. The van der Waals surface area contributed by atoms with Gasteiger partial charge in [0.05, 0.1) is 0 Å². The van der Waals surface area contributed by atoms with Crippen LogP contribution in [0.15, 0.2) is 18.2 Å². The lowest BCUT2D eigenvalue weighted by atomic mass is 9.91. The quantitative estimate of drug-likeness (QED) is 0.591. The molecule has 0 saturated heterocycles. The summed E-state index contributed by atoms with van der Waals surface area (Å²) in [5.41, 5.74) is -7.36.